The number of piperidine rings is 1. The second-order valence-corrected chi connectivity index (χ2v) is 4.53. The Balaban J connectivity index is 1.98. The maximum absolute atomic E-state index is 9.01. The van der Waals surface area contributed by atoms with Gasteiger partial charge in [0.1, 0.15) is 11.9 Å². The van der Waals surface area contributed by atoms with E-state index in [0.29, 0.717) is 11.5 Å². The Morgan fingerprint density at radius 1 is 1.47 bits per heavy atom. The molecule has 17 heavy (non-hydrogen) atoms. The van der Waals surface area contributed by atoms with Crippen molar-refractivity contribution < 1.29 is 0 Å². The second kappa shape index (κ2) is 5.65. The normalized spacial score (nSPS) is 16.5. The molecule has 2 rings (SSSR count). The number of aryl methyl sites for hydroxylation is 1. The molecule has 1 aromatic rings. The zero-order valence-electron chi connectivity index (χ0n) is 10.2. The summed E-state index contributed by atoms with van der Waals surface area (Å²) in [6.45, 7) is 5.04. The fourth-order valence-corrected chi connectivity index (χ4v) is 2.11. The van der Waals surface area contributed by atoms with E-state index in [2.05, 4.69) is 21.7 Å². The molecule has 1 fully saturated rings. The molecule has 4 heteroatoms. The van der Waals surface area contributed by atoms with Gasteiger partial charge < -0.3 is 10.6 Å². The first-order valence-electron chi connectivity index (χ1n) is 6.12. The van der Waals surface area contributed by atoms with Gasteiger partial charge in [-0.2, -0.15) is 5.26 Å². The molecule has 0 radical (unpaired) electrons. The molecule has 0 saturated carbocycles. The third-order valence-corrected chi connectivity index (χ3v) is 3.17. The number of rotatable bonds is 3. The number of aromatic nitrogens is 1. The van der Waals surface area contributed by atoms with E-state index in [1.807, 2.05) is 19.1 Å². The predicted molar refractivity (Wildman–Crippen MR) is 67.8 cm³/mol. The highest BCUT2D eigenvalue weighted by atomic mass is 15.0. The topological polar surface area (TPSA) is 60.7 Å². The number of anilines is 1. The molecular weight excluding hydrogens is 212 g/mol. The Morgan fingerprint density at radius 2 is 2.24 bits per heavy atom. The summed E-state index contributed by atoms with van der Waals surface area (Å²) < 4.78 is 0. The molecule has 0 bridgehead atoms. The van der Waals surface area contributed by atoms with Gasteiger partial charge in [-0.25, -0.2) is 4.98 Å². The molecule has 2 heterocycles. The van der Waals surface area contributed by atoms with Crippen LogP contribution < -0.4 is 10.6 Å². The second-order valence-electron chi connectivity index (χ2n) is 4.53. The summed E-state index contributed by atoms with van der Waals surface area (Å²) >= 11 is 0. The average molecular weight is 230 g/mol. The number of nitrogens with one attached hydrogen (secondary N) is 2. The lowest BCUT2D eigenvalue weighted by Gasteiger charge is -2.23. The van der Waals surface area contributed by atoms with Crippen molar-refractivity contribution in [2.24, 2.45) is 5.92 Å². The molecule has 0 amide bonds. The average Bonchev–Trinajstić information content (AvgIpc) is 2.38. The Hall–Kier alpha value is -1.60. The van der Waals surface area contributed by atoms with Gasteiger partial charge in [0, 0.05) is 12.2 Å². The molecule has 1 aliphatic rings. The first-order chi connectivity index (χ1) is 8.29. The van der Waals surface area contributed by atoms with Gasteiger partial charge in [-0.3, -0.25) is 0 Å². The van der Waals surface area contributed by atoms with Gasteiger partial charge in [-0.05, 0) is 50.9 Å². The molecular formula is C13H18N4. The van der Waals surface area contributed by atoms with E-state index in [1.54, 1.807) is 0 Å². The van der Waals surface area contributed by atoms with E-state index < -0.39 is 0 Å². The van der Waals surface area contributed by atoms with E-state index in [1.165, 1.54) is 12.8 Å². The summed E-state index contributed by atoms with van der Waals surface area (Å²) in [7, 11) is 0. The summed E-state index contributed by atoms with van der Waals surface area (Å²) in [5, 5.41) is 15.7. The smallest absolute Gasteiger partial charge is 0.144 e. The highest BCUT2D eigenvalue weighted by Gasteiger charge is 2.13. The van der Waals surface area contributed by atoms with Crippen LogP contribution in [0.15, 0.2) is 12.1 Å². The Labute approximate surface area is 102 Å². The van der Waals surface area contributed by atoms with Crippen LogP contribution in [0.3, 0.4) is 0 Å². The van der Waals surface area contributed by atoms with Crippen molar-refractivity contribution in [3.05, 3.63) is 23.4 Å². The lowest BCUT2D eigenvalue weighted by molar-refractivity contribution is 0.389. The van der Waals surface area contributed by atoms with Crippen LogP contribution in [-0.2, 0) is 0 Å². The van der Waals surface area contributed by atoms with E-state index in [9.17, 15) is 0 Å². The van der Waals surface area contributed by atoms with Crippen LogP contribution in [0.25, 0.3) is 0 Å². The number of nitrogens with zero attached hydrogens (tertiary/aromatic N) is 2. The molecule has 1 aromatic heterocycles. The standard InChI is InChI=1S/C13H18N4/c1-10-2-3-12(8-14)13(17-10)16-9-11-4-6-15-7-5-11/h2-3,11,15H,4-7,9H2,1H3,(H,16,17). The van der Waals surface area contributed by atoms with Crippen molar-refractivity contribution in [1.29, 1.82) is 5.26 Å². The van der Waals surface area contributed by atoms with Gasteiger partial charge in [-0.15, -0.1) is 0 Å². The van der Waals surface area contributed by atoms with Crippen LogP contribution in [-0.4, -0.2) is 24.6 Å². The van der Waals surface area contributed by atoms with Gasteiger partial charge in [-0.1, -0.05) is 0 Å². The van der Waals surface area contributed by atoms with Crippen LogP contribution in [0, 0.1) is 24.2 Å². The van der Waals surface area contributed by atoms with Crippen molar-refractivity contribution in [1.82, 2.24) is 10.3 Å². The first-order valence-corrected chi connectivity index (χ1v) is 6.12. The molecule has 1 saturated heterocycles. The highest BCUT2D eigenvalue weighted by Crippen LogP contribution is 2.16. The fraction of sp³-hybridized carbons (Fsp3) is 0.538. The van der Waals surface area contributed by atoms with Gasteiger partial charge in [0.15, 0.2) is 0 Å². The van der Waals surface area contributed by atoms with Crippen LogP contribution in [0.5, 0.6) is 0 Å². The fourth-order valence-electron chi connectivity index (χ4n) is 2.11. The maximum Gasteiger partial charge on any atom is 0.144 e. The minimum Gasteiger partial charge on any atom is -0.369 e. The van der Waals surface area contributed by atoms with Crippen molar-refractivity contribution in [3.8, 4) is 6.07 Å². The Bertz CT molecular complexity index is 416. The molecule has 0 atom stereocenters. The first kappa shape index (κ1) is 11.9. The largest absolute Gasteiger partial charge is 0.369 e. The molecule has 0 aromatic carbocycles. The number of pyridine rings is 1. The zero-order chi connectivity index (χ0) is 12.1. The number of hydrogen-bond donors (Lipinski definition) is 2. The van der Waals surface area contributed by atoms with E-state index in [0.717, 1.165) is 31.1 Å². The lowest BCUT2D eigenvalue weighted by atomic mass is 9.98. The van der Waals surface area contributed by atoms with Gasteiger partial charge in [0.05, 0.1) is 5.56 Å². The summed E-state index contributed by atoms with van der Waals surface area (Å²) in [5.41, 5.74) is 1.57. The number of nitriles is 1. The lowest BCUT2D eigenvalue weighted by Crippen LogP contribution is -2.31. The number of hydrogen-bond acceptors (Lipinski definition) is 4. The summed E-state index contributed by atoms with van der Waals surface area (Å²) in [6.07, 6.45) is 2.39. The van der Waals surface area contributed by atoms with Crippen LogP contribution in [0.2, 0.25) is 0 Å². The molecule has 0 spiro atoms. The van der Waals surface area contributed by atoms with Crippen LogP contribution in [0.4, 0.5) is 5.82 Å². The minimum absolute atomic E-state index is 0.629. The van der Waals surface area contributed by atoms with Crippen molar-refractivity contribution >= 4 is 5.82 Å². The minimum atomic E-state index is 0.629. The van der Waals surface area contributed by atoms with Crippen LogP contribution >= 0.6 is 0 Å². The molecule has 2 N–H and O–H groups in total. The molecule has 1 aliphatic heterocycles. The van der Waals surface area contributed by atoms with Crippen molar-refractivity contribution in [2.75, 3.05) is 25.0 Å². The maximum atomic E-state index is 9.01. The van der Waals surface area contributed by atoms with Crippen LogP contribution in [0.1, 0.15) is 24.1 Å². The Morgan fingerprint density at radius 3 is 2.94 bits per heavy atom. The molecule has 90 valence electrons. The van der Waals surface area contributed by atoms with E-state index >= 15 is 0 Å². The summed E-state index contributed by atoms with van der Waals surface area (Å²) in [6, 6.07) is 5.87. The molecule has 0 unspecified atom stereocenters. The van der Waals surface area contributed by atoms with Gasteiger partial charge in [0.25, 0.3) is 0 Å². The quantitative estimate of drug-likeness (QED) is 0.829. The predicted octanol–water partition coefficient (Wildman–Crippen LogP) is 1.67. The zero-order valence-corrected chi connectivity index (χ0v) is 10.2. The highest BCUT2D eigenvalue weighted by molar-refractivity contribution is 5.52. The summed E-state index contributed by atoms with van der Waals surface area (Å²) in [5.74, 6) is 1.41. The van der Waals surface area contributed by atoms with Gasteiger partial charge >= 0.3 is 0 Å². The monoisotopic (exact) mass is 230 g/mol. The molecule has 0 aliphatic carbocycles. The van der Waals surface area contributed by atoms with E-state index in [-0.39, 0.29) is 0 Å². The van der Waals surface area contributed by atoms with Crippen molar-refractivity contribution in [3.63, 3.8) is 0 Å². The van der Waals surface area contributed by atoms with Crippen molar-refractivity contribution in [2.45, 2.75) is 19.8 Å². The third-order valence-electron chi connectivity index (χ3n) is 3.17. The molecule has 4 nitrogen and oxygen atoms in total. The Kier molecular flexibility index (Phi) is 3.94. The van der Waals surface area contributed by atoms with E-state index in [4.69, 9.17) is 5.26 Å². The third kappa shape index (κ3) is 3.18. The SMILES string of the molecule is Cc1ccc(C#N)c(NCC2CCNCC2)n1. The summed E-state index contributed by atoms with van der Waals surface area (Å²) in [4.78, 5) is 4.38. The van der Waals surface area contributed by atoms with Gasteiger partial charge in [0.2, 0.25) is 0 Å².